The molecule has 0 unspecified atom stereocenters. The van der Waals surface area contributed by atoms with Gasteiger partial charge in [-0.3, -0.25) is 4.79 Å². The average Bonchev–Trinajstić information content (AvgIpc) is 2.34. The van der Waals surface area contributed by atoms with E-state index < -0.39 is 20.1 Å². The molecule has 1 rings (SSSR count). The Morgan fingerprint density at radius 3 is 2.39 bits per heavy atom. The molecule has 5 heteroatoms. The van der Waals surface area contributed by atoms with Gasteiger partial charge in [-0.15, -0.1) is 5.54 Å². The van der Waals surface area contributed by atoms with Crippen molar-refractivity contribution in [3.63, 3.8) is 0 Å². The second kappa shape index (κ2) is 6.37. The number of carbonyl (C=O) groups is 1. The summed E-state index contributed by atoms with van der Waals surface area (Å²) in [6, 6.07) is 0. The van der Waals surface area contributed by atoms with E-state index in [4.69, 9.17) is 4.74 Å². The van der Waals surface area contributed by atoms with Crippen LogP contribution in [0.4, 0.5) is 0 Å². The zero-order chi connectivity index (χ0) is 13.8. The zero-order valence-electron chi connectivity index (χ0n) is 11.7. The summed E-state index contributed by atoms with van der Waals surface area (Å²) in [5.41, 5.74) is 3.10. The molecule has 0 saturated carbocycles. The van der Waals surface area contributed by atoms with E-state index in [0.717, 1.165) is 0 Å². The predicted octanol–water partition coefficient (Wildman–Crippen LogP) is 0.723. The van der Waals surface area contributed by atoms with Crippen LogP contribution in [0.2, 0.25) is 19.6 Å². The SMILES string of the molecule is C[C@@H](C(=O)N1CCOCC1)[C@@H](O)C#C[Si](C)(C)C. The fraction of sp³-hybridized carbons (Fsp3) is 0.769. The molecule has 1 amide bonds. The highest BCUT2D eigenvalue weighted by Gasteiger charge is 2.27. The molecule has 0 aliphatic carbocycles. The van der Waals surface area contributed by atoms with Gasteiger partial charge in [0.15, 0.2) is 0 Å². The molecule has 0 aromatic carbocycles. The van der Waals surface area contributed by atoms with Gasteiger partial charge in [-0.05, 0) is 0 Å². The molecule has 0 spiro atoms. The van der Waals surface area contributed by atoms with Crippen molar-refractivity contribution >= 4 is 14.0 Å². The van der Waals surface area contributed by atoms with Crippen LogP contribution in [0.3, 0.4) is 0 Å². The van der Waals surface area contributed by atoms with Crippen LogP contribution < -0.4 is 0 Å². The Balaban J connectivity index is 2.59. The highest BCUT2D eigenvalue weighted by Crippen LogP contribution is 2.10. The van der Waals surface area contributed by atoms with E-state index in [9.17, 15) is 9.90 Å². The largest absolute Gasteiger partial charge is 0.380 e. The molecule has 1 N–H and O–H groups in total. The number of hydrogen-bond acceptors (Lipinski definition) is 3. The number of ether oxygens (including phenoxy) is 1. The number of carbonyl (C=O) groups excluding carboxylic acids is 1. The third kappa shape index (κ3) is 4.81. The molecule has 1 aliphatic heterocycles. The molecule has 0 aromatic heterocycles. The third-order valence-electron chi connectivity index (χ3n) is 2.78. The van der Waals surface area contributed by atoms with Gasteiger partial charge in [-0.2, -0.15) is 0 Å². The summed E-state index contributed by atoms with van der Waals surface area (Å²) in [4.78, 5) is 13.9. The van der Waals surface area contributed by atoms with Crippen molar-refractivity contribution in [1.82, 2.24) is 4.90 Å². The van der Waals surface area contributed by atoms with E-state index in [0.29, 0.717) is 26.3 Å². The number of aliphatic hydroxyl groups is 1. The molecular formula is C13H23NO3Si. The van der Waals surface area contributed by atoms with Crippen molar-refractivity contribution < 1.29 is 14.6 Å². The van der Waals surface area contributed by atoms with Crippen molar-refractivity contribution in [3.8, 4) is 11.5 Å². The molecule has 2 atom stereocenters. The number of aliphatic hydroxyl groups excluding tert-OH is 1. The molecule has 1 aliphatic rings. The predicted molar refractivity (Wildman–Crippen MR) is 73.7 cm³/mol. The second-order valence-electron chi connectivity index (χ2n) is 5.69. The van der Waals surface area contributed by atoms with E-state index >= 15 is 0 Å². The Bertz CT molecular complexity index is 347. The number of hydrogen-bond donors (Lipinski definition) is 1. The molecule has 18 heavy (non-hydrogen) atoms. The van der Waals surface area contributed by atoms with Crippen LogP contribution in [-0.2, 0) is 9.53 Å². The monoisotopic (exact) mass is 269 g/mol. The number of nitrogens with zero attached hydrogens (tertiary/aromatic N) is 1. The Hall–Kier alpha value is -0.833. The quantitative estimate of drug-likeness (QED) is 0.594. The first kappa shape index (κ1) is 15.2. The van der Waals surface area contributed by atoms with Gasteiger partial charge < -0.3 is 14.7 Å². The van der Waals surface area contributed by atoms with Crippen LogP contribution in [0.15, 0.2) is 0 Å². The van der Waals surface area contributed by atoms with Crippen molar-refractivity contribution in [2.45, 2.75) is 32.7 Å². The lowest BCUT2D eigenvalue weighted by molar-refractivity contribution is -0.141. The van der Waals surface area contributed by atoms with Crippen molar-refractivity contribution in [2.75, 3.05) is 26.3 Å². The molecule has 0 aromatic rings. The van der Waals surface area contributed by atoms with Crippen LogP contribution in [0.5, 0.6) is 0 Å². The molecular weight excluding hydrogens is 246 g/mol. The Morgan fingerprint density at radius 2 is 1.89 bits per heavy atom. The molecule has 1 heterocycles. The van der Waals surface area contributed by atoms with Gasteiger partial charge in [0.25, 0.3) is 0 Å². The normalized spacial score (nSPS) is 19.7. The lowest BCUT2D eigenvalue weighted by Crippen LogP contribution is -2.45. The lowest BCUT2D eigenvalue weighted by Gasteiger charge is -2.29. The number of amides is 1. The maximum atomic E-state index is 12.1. The maximum Gasteiger partial charge on any atom is 0.229 e. The van der Waals surface area contributed by atoms with Crippen LogP contribution in [-0.4, -0.2) is 56.4 Å². The minimum absolute atomic E-state index is 0.0318. The van der Waals surface area contributed by atoms with Gasteiger partial charge in [0.1, 0.15) is 14.2 Å². The maximum absolute atomic E-state index is 12.1. The summed E-state index contributed by atoms with van der Waals surface area (Å²) in [7, 11) is -1.51. The van der Waals surface area contributed by atoms with Crippen molar-refractivity contribution in [3.05, 3.63) is 0 Å². The third-order valence-corrected chi connectivity index (χ3v) is 3.68. The van der Waals surface area contributed by atoms with Crippen molar-refractivity contribution in [2.24, 2.45) is 5.92 Å². The van der Waals surface area contributed by atoms with E-state index in [-0.39, 0.29) is 5.91 Å². The topological polar surface area (TPSA) is 49.8 Å². The van der Waals surface area contributed by atoms with E-state index in [1.54, 1.807) is 11.8 Å². The van der Waals surface area contributed by atoms with Gasteiger partial charge in [0, 0.05) is 13.1 Å². The van der Waals surface area contributed by atoms with Gasteiger partial charge in [-0.1, -0.05) is 32.5 Å². The first-order valence-corrected chi connectivity index (χ1v) is 9.88. The lowest BCUT2D eigenvalue weighted by atomic mass is 10.0. The Labute approximate surface area is 110 Å². The Morgan fingerprint density at radius 1 is 1.33 bits per heavy atom. The number of morpholine rings is 1. The molecule has 0 radical (unpaired) electrons. The molecule has 0 bridgehead atoms. The molecule has 1 fully saturated rings. The van der Waals surface area contributed by atoms with Crippen LogP contribution in [0.25, 0.3) is 0 Å². The van der Waals surface area contributed by atoms with Crippen LogP contribution in [0.1, 0.15) is 6.92 Å². The first-order valence-electron chi connectivity index (χ1n) is 6.38. The fourth-order valence-electron chi connectivity index (χ4n) is 1.62. The summed E-state index contributed by atoms with van der Waals surface area (Å²) >= 11 is 0. The van der Waals surface area contributed by atoms with Gasteiger partial charge in [-0.25, -0.2) is 0 Å². The van der Waals surface area contributed by atoms with Crippen LogP contribution in [0, 0.1) is 17.4 Å². The zero-order valence-corrected chi connectivity index (χ0v) is 12.7. The summed E-state index contributed by atoms with van der Waals surface area (Å²) < 4.78 is 5.20. The van der Waals surface area contributed by atoms with Crippen LogP contribution >= 0.6 is 0 Å². The minimum Gasteiger partial charge on any atom is -0.380 e. The Kier molecular flexibility index (Phi) is 5.39. The summed E-state index contributed by atoms with van der Waals surface area (Å²) in [5.74, 6) is 2.33. The van der Waals surface area contributed by atoms with E-state index in [1.807, 2.05) is 0 Å². The minimum atomic E-state index is -1.51. The van der Waals surface area contributed by atoms with Gasteiger partial charge >= 0.3 is 0 Å². The van der Waals surface area contributed by atoms with E-state index in [1.165, 1.54) is 0 Å². The van der Waals surface area contributed by atoms with Gasteiger partial charge in [0.2, 0.25) is 5.91 Å². The molecule has 1 saturated heterocycles. The van der Waals surface area contributed by atoms with Crippen molar-refractivity contribution in [1.29, 1.82) is 0 Å². The average molecular weight is 269 g/mol. The number of rotatable bonds is 2. The molecule has 4 nitrogen and oxygen atoms in total. The summed E-state index contributed by atoms with van der Waals surface area (Å²) in [6.45, 7) is 10.4. The standard InChI is InChI=1S/C13H23NO3Si/c1-11(12(15)5-10-18(2,3)4)13(16)14-6-8-17-9-7-14/h11-12,15H,6-9H2,1-4H3/t11-,12+/m1/s1. The smallest absolute Gasteiger partial charge is 0.229 e. The summed E-state index contributed by atoms with van der Waals surface area (Å²) in [5, 5.41) is 9.95. The molecule has 102 valence electrons. The highest BCUT2D eigenvalue weighted by molar-refractivity contribution is 6.83. The second-order valence-corrected chi connectivity index (χ2v) is 10.4. The first-order chi connectivity index (χ1) is 8.31. The summed E-state index contributed by atoms with van der Waals surface area (Å²) in [6.07, 6.45) is -0.868. The van der Waals surface area contributed by atoms with Gasteiger partial charge in [0.05, 0.1) is 19.1 Å². The fourth-order valence-corrected chi connectivity index (χ4v) is 2.20. The van der Waals surface area contributed by atoms with E-state index in [2.05, 4.69) is 31.1 Å². The highest BCUT2D eigenvalue weighted by atomic mass is 28.3.